The summed E-state index contributed by atoms with van der Waals surface area (Å²) in [4.78, 5) is 0. The average molecular weight is 287 g/mol. The molecule has 0 aromatic heterocycles. The van der Waals surface area contributed by atoms with Crippen molar-refractivity contribution in [1.29, 1.82) is 0 Å². The molecule has 20 heavy (non-hydrogen) atoms. The summed E-state index contributed by atoms with van der Waals surface area (Å²) in [5.41, 5.74) is 2.02. The van der Waals surface area contributed by atoms with Gasteiger partial charge in [-0.3, -0.25) is 0 Å². The Hall–Kier alpha value is -1.65. The highest BCUT2D eigenvalue weighted by Crippen LogP contribution is 2.41. The molecule has 1 aliphatic rings. The smallest absolute Gasteiger partial charge is 0.212 e. The first-order chi connectivity index (χ1) is 9.64. The summed E-state index contributed by atoms with van der Waals surface area (Å²) in [6, 6.07) is 19.4. The fraction of sp³-hybridized carbons (Fsp3) is 0.250. The van der Waals surface area contributed by atoms with Gasteiger partial charge in [-0.1, -0.05) is 60.7 Å². The molecule has 1 fully saturated rings. The van der Waals surface area contributed by atoms with Crippen LogP contribution in [0, 0.1) is 0 Å². The van der Waals surface area contributed by atoms with Gasteiger partial charge in [0.2, 0.25) is 10.0 Å². The highest BCUT2D eigenvalue weighted by Gasteiger charge is 2.40. The lowest BCUT2D eigenvalue weighted by molar-refractivity contribution is 0.579. The van der Waals surface area contributed by atoms with Gasteiger partial charge in [0.1, 0.15) is 0 Å². The van der Waals surface area contributed by atoms with Gasteiger partial charge in [-0.15, -0.1) is 0 Å². The second-order valence-corrected chi connectivity index (χ2v) is 6.98. The summed E-state index contributed by atoms with van der Waals surface area (Å²) < 4.78 is 27.0. The predicted octanol–water partition coefficient (Wildman–Crippen LogP) is 2.66. The van der Waals surface area contributed by atoms with Gasteiger partial charge in [0.25, 0.3) is 0 Å². The minimum atomic E-state index is -3.26. The summed E-state index contributed by atoms with van der Waals surface area (Å²) in [7, 11) is -3.26. The molecule has 2 aromatic carbocycles. The van der Waals surface area contributed by atoms with E-state index < -0.39 is 10.0 Å². The molecule has 3 nitrogen and oxygen atoms in total. The van der Waals surface area contributed by atoms with Crippen molar-refractivity contribution in [2.45, 2.75) is 24.1 Å². The summed E-state index contributed by atoms with van der Waals surface area (Å²) in [6.45, 7) is 0. The van der Waals surface area contributed by atoms with E-state index in [0.29, 0.717) is 5.92 Å². The second-order valence-electron chi connectivity index (χ2n) is 5.22. The van der Waals surface area contributed by atoms with Crippen LogP contribution in [0.4, 0.5) is 0 Å². The standard InChI is InChI=1S/C16H17NO2S/c18-20(19,12-13-7-3-1-4-8-13)17-16-11-15(16)14-9-5-2-6-10-14/h1-10,15-17H,11-12H2/t15-,16+/m1/s1. The van der Waals surface area contributed by atoms with E-state index in [4.69, 9.17) is 0 Å². The lowest BCUT2D eigenvalue weighted by Crippen LogP contribution is -2.28. The van der Waals surface area contributed by atoms with Crippen molar-refractivity contribution in [3.05, 3.63) is 71.8 Å². The van der Waals surface area contributed by atoms with E-state index in [1.807, 2.05) is 48.5 Å². The Bertz CT molecular complexity index is 668. The number of benzene rings is 2. The van der Waals surface area contributed by atoms with Crippen LogP contribution >= 0.6 is 0 Å². The van der Waals surface area contributed by atoms with Crippen LogP contribution in [0.15, 0.2) is 60.7 Å². The van der Waals surface area contributed by atoms with Crippen LogP contribution in [-0.2, 0) is 15.8 Å². The molecule has 0 unspecified atom stereocenters. The molecule has 0 radical (unpaired) electrons. The Morgan fingerprint density at radius 3 is 2.20 bits per heavy atom. The largest absolute Gasteiger partial charge is 0.216 e. The fourth-order valence-corrected chi connectivity index (χ4v) is 3.90. The third-order valence-corrected chi connectivity index (χ3v) is 4.92. The van der Waals surface area contributed by atoms with Gasteiger partial charge in [-0.25, -0.2) is 13.1 Å². The number of hydrogen-bond donors (Lipinski definition) is 1. The Balaban J connectivity index is 1.62. The quantitative estimate of drug-likeness (QED) is 0.919. The van der Waals surface area contributed by atoms with Gasteiger partial charge in [0.05, 0.1) is 5.75 Å². The third-order valence-electron chi connectivity index (χ3n) is 3.55. The molecule has 0 spiro atoms. The van der Waals surface area contributed by atoms with Gasteiger partial charge in [-0.05, 0) is 17.5 Å². The van der Waals surface area contributed by atoms with Crippen LogP contribution in [0.25, 0.3) is 0 Å². The molecule has 2 aromatic rings. The molecular formula is C16H17NO2S. The molecule has 2 atom stereocenters. The molecule has 0 heterocycles. The molecule has 104 valence electrons. The zero-order valence-electron chi connectivity index (χ0n) is 11.1. The molecule has 3 rings (SSSR count). The molecule has 0 aliphatic heterocycles. The van der Waals surface area contributed by atoms with E-state index in [1.165, 1.54) is 5.56 Å². The van der Waals surface area contributed by atoms with Gasteiger partial charge in [0.15, 0.2) is 0 Å². The van der Waals surface area contributed by atoms with Crippen molar-refractivity contribution >= 4 is 10.0 Å². The van der Waals surface area contributed by atoms with E-state index >= 15 is 0 Å². The van der Waals surface area contributed by atoms with Gasteiger partial charge in [0, 0.05) is 12.0 Å². The van der Waals surface area contributed by atoms with Crippen molar-refractivity contribution in [1.82, 2.24) is 4.72 Å². The molecule has 0 bridgehead atoms. The Kier molecular flexibility index (Phi) is 3.59. The molecule has 0 amide bonds. The van der Waals surface area contributed by atoms with Gasteiger partial charge < -0.3 is 0 Å². The van der Waals surface area contributed by atoms with Crippen molar-refractivity contribution in [3.63, 3.8) is 0 Å². The van der Waals surface area contributed by atoms with Crippen LogP contribution in [0.3, 0.4) is 0 Å². The maximum atomic E-state index is 12.1. The van der Waals surface area contributed by atoms with E-state index in [-0.39, 0.29) is 11.8 Å². The molecular weight excluding hydrogens is 270 g/mol. The van der Waals surface area contributed by atoms with Crippen LogP contribution < -0.4 is 4.72 Å². The molecule has 1 N–H and O–H groups in total. The van der Waals surface area contributed by atoms with E-state index in [0.717, 1.165) is 12.0 Å². The number of nitrogens with one attached hydrogen (secondary N) is 1. The molecule has 0 saturated heterocycles. The average Bonchev–Trinajstić information content (AvgIpc) is 3.18. The lowest BCUT2D eigenvalue weighted by Gasteiger charge is -2.06. The fourth-order valence-electron chi connectivity index (χ4n) is 2.46. The Morgan fingerprint density at radius 2 is 1.55 bits per heavy atom. The predicted molar refractivity (Wildman–Crippen MR) is 79.8 cm³/mol. The zero-order valence-corrected chi connectivity index (χ0v) is 11.9. The number of sulfonamides is 1. The number of hydrogen-bond acceptors (Lipinski definition) is 2. The molecule has 1 aliphatic carbocycles. The van der Waals surface area contributed by atoms with Crippen LogP contribution in [0.1, 0.15) is 23.5 Å². The monoisotopic (exact) mass is 287 g/mol. The lowest BCUT2D eigenvalue weighted by atomic mass is 10.1. The summed E-state index contributed by atoms with van der Waals surface area (Å²) in [5, 5.41) is 0. The van der Waals surface area contributed by atoms with Crippen molar-refractivity contribution in [2.24, 2.45) is 0 Å². The highest BCUT2D eigenvalue weighted by atomic mass is 32.2. The summed E-state index contributed by atoms with van der Waals surface area (Å²) in [6.07, 6.45) is 0.887. The van der Waals surface area contributed by atoms with Gasteiger partial charge in [-0.2, -0.15) is 0 Å². The van der Waals surface area contributed by atoms with Crippen LogP contribution in [-0.4, -0.2) is 14.5 Å². The highest BCUT2D eigenvalue weighted by molar-refractivity contribution is 7.88. The molecule has 4 heteroatoms. The topological polar surface area (TPSA) is 46.2 Å². The maximum absolute atomic E-state index is 12.1. The first-order valence-corrected chi connectivity index (χ1v) is 8.38. The van der Waals surface area contributed by atoms with Crippen molar-refractivity contribution in [3.8, 4) is 0 Å². The SMILES string of the molecule is O=S(=O)(Cc1ccccc1)N[C@H]1C[C@@H]1c1ccccc1. The van der Waals surface area contributed by atoms with Crippen molar-refractivity contribution < 1.29 is 8.42 Å². The first kappa shape index (κ1) is 13.3. The normalized spacial score (nSPS) is 21.6. The molecule has 1 saturated carbocycles. The first-order valence-electron chi connectivity index (χ1n) is 6.73. The minimum Gasteiger partial charge on any atom is -0.212 e. The zero-order chi connectivity index (χ0) is 14.0. The second kappa shape index (κ2) is 5.38. The van der Waals surface area contributed by atoms with Crippen LogP contribution in [0.2, 0.25) is 0 Å². The van der Waals surface area contributed by atoms with Gasteiger partial charge >= 0.3 is 0 Å². The third kappa shape index (κ3) is 3.26. The number of rotatable bonds is 5. The van der Waals surface area contributed by atoms with E-state index in [2.05, 4.69) is 16.9 Å². The maximum Gasteiger partial charge on any atom is 0.216 e. The van der Waals surface area contributed by atoms with Crippen molar-refractivity contribution in [2.75, 3.05) is 0 Å². The summed E-state index contributed by atoms with van der Waals surface area (Å²) in [5.74, 6) is 0.369. The Labute approximate surface area is 119 Å². The minimum absolute atomic E-state index is 0.0473. The van der Waals surface area contributed by atoms with E-state index in [1.54, 1.807) is 0 Å². The Morgan fingerprint density at radius 1 is 0.950 bits per heavy atom. The summed E-state index contributed by atoms with van der Waals surface area (Å²) >= 11 is 0. The van der Waals surface area contributed by atoms with E-state index in [9.17, 15) is 8.42 Å². The van der Waals surface area contributed by atoms with Crippen LogP contribution in [0.5, 0.6) is 0 Å².